The van der Waals surface area contributed by atoms with E-state index in [4.69, 9.17) is 21.1 Å². The Hall–Kier alpha value is -2.41. The van der Waals surface area contributed by atoms with Gasteiger partial charge in [0, 0.05) is 17.7 Å². The highest BCUT2D eigenvalue weighted by Crippen LogP contribution is 2.38. The summed E-state index contributed by atoms with van der Waals surface area (Å²) in [7, 11) is 0. The number of amides is 1. The van der Waals surface area contributed by atoms with Gasteiger partial charge in [0.1, 0.15) is 0 Å². The van der Waals surface area contributed by atoms with Gasteiger partial charge in [0.2, 0.25) is 0 Å². The Morgan fingerprint density at radius 2 is 1.88 bits per heavy atom. The Kier molecular flexibility index (Phi) is 4.76. The summed E-state index contributed by atoms with van der Waals surface area (Å²) in [5, 5.41) is 2.63. The number of alkyl halides is 3. The van der Waals surface area contributed by atoms with E-state index in [1.54, 1.807) is 0 Å². The van der Waals surface area contributed by atoms with Crippen LogP contribution in [-0.4, -0.2) is 19.1 Å². The lowest BCUT2D eigenvalue weighted by Gasteiger charge is -2.13. The van der Waals surface area contributed by atoms with E-state index in [1.807, 2.05) is 0 Å². The fraction of sp³-hybridized carbons (Fsp3) is 0.235. The van der Waals surface area contributed by atoms with Crippen molar-refractivity contribution in [2.75, 3.05) is 18.5 Å². The summed E-state index contributed by atoms with van der Waals surface area (Å²) in [6.45, 7) is 0.866. The minimum atomic E-state index is -4.49. The van der Waals surface area contributed by atoms with Gasteiger partial charge < -0.3 is 14.8 Å². The molecule has 4 nitrogen and oxygen atoms in total. The second kappa shape index (κ2) is 6.84. The third-order valence-electron chi connectivity index (χ3n) is 3.51. The first-order valence-electron chi connectivity index (χ1n) is 7.42. The number of carbonyl (C=O) groups is 1. The maximum absolute atomic E-state index is 12.7. The van der Waals surface area contributed by atoms with Crippen LogP contribution in [0.1, 0.15) is 22.3 Å². The van der Waals surface area contributed by atoms with E-state index < -0.39 is 17.6 Å². The van der Waals surface area contributed by atoms with E-state index in [-0.39, 0.29) is 16.3 Å². The fourth-order valence-corrected chi connectivity index (χ4v) is 2.60. The molecule has 1 aliphatic rings. The Bertz CT molecular complexity index is 808. The first-order valence-corrected chi connectivity index (χ1v) is 7.80. The Balaban J connectivity index is 1.85. The third kappa shape index (κ3) is 3.99. The number of hydrogen-bond donors (Lipinski definition) is 1. The van der Waals surface area contributed by atoms with Crippen LogP contribution in [0, 0.1) is 0 Å². The number of ether oxygens (including phenoxy) is 2. The summed E-state index contributed by atoms with van der Waals surface area (Å²) >= 11 is 6.12. The quantitative estimate of drug-likeness (QED) is 0.827. The summed E-state index contributed by atoms with van der Waals surface area (Å²) in [5.74, 6) is 0.0887. The van der Waals surface area contributed by atoms with Crippen LogP contribution in [0.2, 0.25) is 5.02 Å². The maximum atomic E-state index is 12.7. The topological polar surface area (TPSA) is 47.6 Å². The molecule has 2 aromatic carbocycles. The number of anilines is 1. The molecule has 0 radical (unpaired) electrons. The van der Waals surface area contributed by atoms with Gasteiger partial charge in [-0.25, -0.2) is 0 Å². The van der Waals surface area contributed by atoms with Gasteiger partial charge in [-0.2, -0.15) is 13.2 Å². The summed E-state index contributed by atoms with van der Waals surface area (Å²) in [6, 6.07) is 7.23. The van der Waals surface area contributed by atoms with E-state index in [9.17, 15) is 18.0 Å². The molecule has 0 bridgehead atoms. The van der Waals surface area contributed by atoms with Gasteiger partial charge in [0.05, 0.1) is 23.8 Å². The van der Waals surface area contributed by atoms with Crippen molar-refractivity contribution >= 4 is 23.2 Å². The van der Waals surface area contributed by atoms with E-state index in [2.05, 4.69) is 5.32 Å². The van der Waals surface area contributed by atoms with Gasteiger partial charge in [-0.05, 0) is 30.3 Å². The number of hydrogen-bond acceptors (Lipinski definition) is 3. The minimum Gasteiger partial charge on any atom is -0.489 e. The number of rotatable bonds is 2. The van der Waals surface area contributed by atoms with Crippen molar-refractivity contribution in [3.63, 3.8) is 0 Å². The van der Waals surface area contributed by atoms with Gasteiger partial charge in [-0.15, -0.1) is 0 Å². The van der Waals surface area contributed by atoms with Gasteiger partial charge in [-0.3, -0.25) is 4.79 Å². The molecule has 0 saturated carbocycles. The van der Waals surface area contributed by atoms with E-state index >= 15 is 0 Å². The van der Waals surface area contributed by atoms with Crippen molar-refractivity contribution in [3.05, 3.63) is 52.5 Å². The highest BCUT2D eigenvalue weighted by atomic mass is 35.5. The molecule has 3 rings (SSSR count). The zero-order valence-corrected chi connectivity index (χ0v) is 13.6. The average molecular weight is 372 g/mol. The lowest BCUT2D eigenvalue weighted by molar-refractivity contribution is -0.137. The molecule has 132 valence electrons. The Labute approximate surface area is 146 Å². The fourth-order valence-electron chi connectivity index (χ4n) is 2.34. The zero-order valence-electron chi connectivity index (χ0n) is 12.8. The standard InChI is InChI=1S/C17H13ClF3NO3/c18-13-7-10(8-14-15(13)25-6-2-5-24-14)16(23)22-12-4-1-3-11(9-12)17(19,20)21/h1,3-4,7-9H,2,5-6H2,(H,22,23). The molecule has 1 amide bonds. The van der Waals surface area contributed by atoms with Crippen molar-refractivity contribution in [3.8, 4) is 11.5 Å². The first kappa shape index (κ1) is 17.4. The molecule has 0 unspecified atom stereocenters. The third-order valence-corrected chi connectivity index (χ3v) is 3.79. The molecule has 0 aliphatic carbocycles. The number of fused-ring (bicyclic) bond motifs is 1. The Morgan fingerprint density at radius 1 is 1.12 bits per heavy atom. The van der Waals surface area contributed by atoms with Gasteiger partial charge >= 0.3 is 6.18 Å². The molecule has 1 aliphatic heterocycles. The van der Waals surface area contributed by atoms with Gasteiger partial charge in [-0.1, -0.05) is 17.7 Å². The molecular formula is C17H13ClF3NO3. The van der Waals surface area contributed by atoms with Crippen molar-refractivity contribution < 1.29 is 27.4 Å². The molecule has 25 heavy (non-hydrogen) atoms. The largest absolute Gasteiger partial charge is 0.489 e. The zero-order chi connectivity index (χ0) is 18.0. The van der Waals surface area contributed by atoms with Crippen LogP contribution >= 0.6 is 11.6 Å². The molecule has 0 spiro atoms. The maximum Gasteiger partial charge on any atom is 0.416 e. The summed E-state index contributed by atoms with van der Waals surface area (Å²) < 4.78 is 49.2. The molecule has 2 aromatic rings. The summed E-state index contributed by atoms with van der Waals surface area (Å²) in [6.07, 6.45) is -3.81. The number of nitrogens with one attached hydrogen (secondary N) is 1. The van der Waals surface area contributed by atoms with E-state index in [1.165, 1.54) is 24.3 Å². The van der Waals surface area contributed by atoms with E-state index in [0.29, 0.717) is 31.1 Å². The van der Waals surface area contributed by atoms with Crippen LogP contribution in [0.4, 0.5) is 18.9 Å². The second-order valence-corrected chi connectivity index (χ2v) is 5.78. The molecule has 0 saturated heterocycles. The number of carbonyl (C=O) groups excluding carboxylic acids is 1. The van der Waals surface area contributed by atoms with Crippen LogP contribution in [0.15, 0.2) is 36.4 Å². The molecule has 0 fully saturated rings. The van der Waals surface area contributed by atoms with Crippen molar-refractivity contribution in [1.82, 2.24) is 0 Å². The normalized spacial score (nSPS) is 13.9. The molecular weight excluding hydrogens is 359 g/mol. The van der Waals surface area contributed by atoms with Crippen LogP contribution in [0.5, 0.6) is 11.5 Å². The van der Waals surface area contributed by atoms with Crippen molar-refractivity contribution in [2.24, 2.45) is 0 Å². The first-order chi connectivity index (χ1) is 11.8. The van der Waals surface area contributed by atoms with E-state index in [0.717, 1.165) is 12.1 Å². The van der Waals surface area contributed by atoms with Crippen LogP contribution in [0.25, 0.3) is 0 Å². The second-order valence-electron chi connectivity index (χ2n) is 5.37. The van der Waals surface area contributed by atoms with Gasteiger partial charge in [0.15, 0.2) is 11.5 Å². The van der Waals surface area contributed by atoms with Gasteiger partial charge in [0.25, 0.3) is 5.91 Å². The lowest BCUT2D eigenvalue weighted by atomic mass is 10.1. The smallest absolute Gasteiger partial charge is 0.416 e. The monoisotopic (exact) mass is 371 g/mol. The van der Waals surface area contributed by atoms with Crippen LogP contribution < -0.4 is 14.8 Å². The minimum absolute atomic E-state index is 0.0306. The predicted octanol–water partition coefficient (Wildman–Crippen LogP) is 4.77. The number of benzene rings is 2. The molecule has 1 N–H and O–H groups in total. The summed E-state index contributed by atoms with van der Waals surface area (Å²) in [4.78, 5) is 12.4. The highest BCUT2D eigenvalue weighted by Gasteiger charge is 2.30. The average Bonchev–Trinajstić information content (AvgIpc) is 2.80. The molecule has 0 aromatic heterocycles. The Morgan fingerprint density at radius 3 is 2.64 bits per heavy atom. The SMILES string of the molecule is O=C(Nc1cccc(C(F)(F)F)c1)c1cc(Cl)c2c(c1)OCCCO2. The lowest BCUT2D eigenvalue weighted by Crippen LogP contribution is -2.13. The predicted molar refractivity (Wildman–Crippen MR) is 86.5 cm³/mol. The molecule has 8 heteroatoms. The van der Waals surface area contributed by atoms with Crippen molar-refractivity contribution in [2.45, 2.75) is 12.6 Å². The highest BCUT2D eigenvalue weighted by molar-refractivity contribution is 6.32. The molecule has 0 atom stereocenters. The van der Waals surface area contributed by atoms with Crippen LogP contribution in [0.3, 0.4) is 0 Å². The number of halogens is 4. The van der Waals surface area contributed by atoms with Crippen LogP contribution in [-0.2, 0) is 6.18 Å². The van der Waals surface area contributed by atoms with Crippen molar-refractivity contribution in [1.29, 1.82) is 0 Å². The molecule has 1 heterocycles. The summed E-state index contributed by atoms with van der Waals surface area (Å²) in [5.41, 5.74) is -0.656.